The molecule has 2 aliphatic rings. The summed E-state index contributed by atoms with van der Waals surface area (Å²) in [6, 6.07) is 0.411. The van der Waals surface area contributed by atoms with E-state index in [0.717, 1.165) is 56.2 Å². The van der Waals surface area contributed by atoms with Gasteiger partial charge in [-0.2, -0.15) is 0 Å². The summed E-state index contributed by atoms with van der Waals surface area (Å²) < 4.78 is 7.82. The van der Waals surface area contributed by atoms with Gasteiger partial charge in [-0.3, -0.25) is 4.79 Å². The lowest BCUT2D eigenvalue weighted by molar-refractivity contribution is -0.118. The molecule has 6 nitrogen and oxygen atoms in total. The largest absolute Gasteiger partial charge is 0.376 e. The van der Waals surface area contributed by atoms with Crippen LogP contribution in [0.1, 0.15) is 38.4 Å². The van der Waals surface area contributed by atoms with Gasteiger partial charge in [0.2, 0.25) is 5.91 Å². The first-order valence-electron chi connectivity index (χ1n) is 7.72. The molecule has 1 aliphatic heterocycles. The third kappa shape index (κ3) is 3.97. The van der Waals surface area contributed by atoms with Crippen LogP contribution in [0, 0.1) is 0 Å². The van der Waals surface area contributed by atoms with Gasteiger partial charge in [0.25, 0.3) is 0 Å². The van der Waals surface area contributed by atoms with Gasteiger partial charge in [-0.05, 0) is 25.7 Å². The second-order valence-electron chi connectivity index (χ2n) is 5.63. The first-order chi connectivity index (χ1) is 10.3. The molecule has 0 radical (unpaired) electrons. The fraction of sp³-hybridized carbons (Fsp3) is 0.786. The second kappa shape index (κ2) is 6.79. The first-order valence-corrected chi connectivity index (χ1v) is 8.70. The lowest BCUT2D eigenvalue weighted by Gasteiger charge is -2.14. The number of nitrogens with one attached hydrogen (secondary N) is 1. The number of nitrogens with zero attached hydrogens (tertiary/aromatic N) is 3. The molecule has 21 heavy (non-hydrogen) atoms. The first kappa shape index (κ1) is 14.8. The van der Waals surface area contributed by atoms with Crippen molar-refractivity contribution in [3.63, 3.8) is 0 Å². The Morgan fingerprint density at radius 1 is 1.43 bits per heavy atom. The summed E-state index contributed by atoms with van der Waals surface area (Å²) in [6.45, 7) is 3.72. The van der Waals surface area contributed by atoms with E-state index in [-0.39, 0.29) is 12.0 Å². The molecular weight excluding hydrogens is 288 g/mol. The average molecular weight is 310 g/mol. The predicted octanol–water partition coefficient (Wildman–Crippen LogP) is 1.39. The zero-order valence-corrected chi connectivity index (χ0v) is 13.2. The van der Waals surface area contributed by atoms with E-state index in [4.69, 9.17) is 4.74 Å². The Morgan fingerprint density at radius 2 is 2.29 bits per heavy atom. The molecule has 2 fully saturated rings. The van der Waals surface area contributed by atoms with Gasteiger partial charge in [0.1, 0.15) is 5.82 Å². The van der Waals surface area contributed by atoms with Gasteiger partial charge >= 0.3 is 0 Å². The van der Waals surface area contributed by atoms with Crippen LogP contribution >= 0.6 is 11.8 Å². The van der Waals surface area contributed by atoms with Crippen molar-refractivity contribution < 1.29 is 9.53 Å². The van der Waals surface area contributed by atoms with Crippen LogP contribution in [0.25, 0.3) is 0 Å². The van der Waals surface area contributed by atoms with Crippen molar-refractivity contribution in [2.75, 3.05) is 12.4 Å². The summed E-state index contributed by atoms with van der Waals surface area (Å²) in [7, 11) is 0. The molecule has 1 saturated carbocycles. The van der Waals surface area contributed by atoms with Crippen molar-refractivity contribution in [2.45, 2.75) is 62.9 Å². The van der Waals surface area contributed by atoms with Crippen LogP contribution < -0.4 is 5.32 Å². The maximum atomic E-state index is 11.8. The Morgan fingerprint density at radius 3 is 2.95 bits per heavy atom. The summed E-state index contributed by atoms with van der Waals surface area (Å²) in [5, 5.41) is 12.3. The molecule has 2 heterocycles. The van der Waals surface area contributed by atoms with E-state index in [2.05, 4.69) is 27.0 Å². The fourth-order valence-electron chi connectivity index (χ4n) is 2.49. The van der Waals surface area contributed by atoms with Gasteiger partial charge in [-0.25, -0.2) is 0 Å². The molecule has 7 heteroatoms. The molecular formula is C14H22N4O2S. The molecule has 1 atom stereocenters. The molecule has 0 bridgehead atoms. The lowest BCUT2D eigenvalue weighted by atomic mass is 10.2. The molecule has 1 aromatic heterocycles. The summed E-state index contributed by atoms with van der Waals surface area (Å²) in [4.78, 5) is 11.8. The smallest absolute Gasteiger partial charge is 0.230 e. The minimum atomic E-state index is 0.0900. The number of rotatable bonds is 7. The Kier molecular flexibility index (Phi) is 4.80. The third-order valence-electron chi connectivity index (χ3n) is 3.79. The maximum Gasteiger partial charge on any atom is 0.230 e. The van der Waals surface area contributed by atoms with Gasteiger partial charge in [0.15, 0.2) is 5.16 Å². The zero-order valence-electron chi connectivity index (χ0n) is 12.4. The topological polar surface area (TPSA) is 69.0 Å². The maximum absolute atomic E-state index is 11.8. The van der Waals surface area contributed by atoms with Gasteiger partial charge in [0.05, 0.1) is 18.4 Å². The Hall–Kier alpha value is -1.08. The van der Waals surface area contributed by atoms with Crippen LogP contribution in [0.4, 0.5) is 0 Å². The summed E-state index contributed by atoms with van der Waals surface area (Å²) >= 11 is 1.47. The van der Waals surface area contributed by atoms with Crippen molar-refractivity contribution in [3.05, 3.63) is 5.82 Å². The van der Waals surface area contributed by atoms with Gasteiger partial charge in [-0.1, -0.05) is 18.7 Å². The second-order valence-corrected chi connectivity index (χ2v) is 6.57. The number of carbonyl (C=O) groups excluding carboxylic acids is 1. The molecule has 0 aromatic carbocycles. The summed E-state index contributed by atoms with van der Waals surface area (Å²) in [6.07, 6.45) is 5.55. The number of hydrogen-bond donors (Lipinski definition) is 1. The Bertz CT molecular complexity index is 495. The monoisotopic (exact) mass is 310 g/mol. The van der Waals surface area contributed by atoms with Crippen LogP contribution in [0.2, 0.25) is 0 Å². The Balaban J connectivity index is 1.59. The number of carbonyl (C=O) groups is 1. The molecule has 0 spiro atoms. The van der Waals surface area contributed by atoms with Gasteiger partial charge in [0, 0.05) is 19.1 Å². The van der Waals surface area contributed by atoms with Crippen LogP contribution in [0.5, 0.6) is 0 Å². The number of ether oxygens (including phenoxy) is 1. The van der Waals surface area contributed by atoms with Gasteiger partial charge < -0.3 is 14.6 Å². The van der Waals surface area contributed by atoms with E-state index < -0.39 is 0 Å². The highest BCUT2D eigenvalue weighted by Gasteiger charge is 2.24. The third-order valence-corrected chi connectivity index (χ3v) is 4.76. The van der Waals surface area contributed by atoms with E-state index in [1.165, 1.54) is 11.8 Å². The quantitative estimate of drug-likeness (QED) is 0.771. The van der Waals surface area contributed by atoms with Crippen molar-refractivity contribution in [2.24, 2.45) is 0 Å². The molecule has 3 rings (SSSR count). The lowest BCUT2D eigenvalue weighted by Crippen LogP contribution is -2.27. The minimum Gasteiger partial charge on any atom is -0.376 e. The van der Waals surface area contributed by atoms with E-state index in [1.54, 1.807) is 0 Å². The van der Waals surface area contributed by atoms with Crippen LogP contribution in [0.15, 0.2) is 5.16 Å². The Labute approximate surface area is 129 Å². The van der Waals surface area contributed by atoms with Crippen LogP contribution in [0.3, 0.4) is 0 Å². The standard InChI is InChI=1S/C14H22N4O2S/c1-2-12-16-17-14(18(12)8-11-4-3-7-20-11)21-9-13(19)15-10-5-6-10/h10-11H,2-9H2,1H3,(H,15,19). The number of aryl methyl sites for hydroxylation is 1. The molecule has 1 aromatic rings. The van der Waals surface area contributed by atoms with Gasteiger partial charge in [-0.15, -0.1) is 10.2 Å². The number of hydrogen-bond acceptors (Lipinski definition) is 5. The fourth-order valence-corrected chi connectivity index (χ4v) is 3.27. The zero-order chi connectivity index (χ0) is 14.7. The molecule has 1 aliphatic carbocycles. The van der Waals surface area contributed by atoms with Crippen molar-refractivity contribution in [1.82, 2.24) is 20.1 Å². The molecule has 1 unspecified atom stereocenters. The van der Waals surface area contributed by atoms with Crippen LogP contribution in [-0.4, -0.2) is 45.2 Å². The average Bonchev–Trinajstić information content (AvgIpc) is 3.01. The minimum absolute atomic E-state index is 0.0900. The molecule has 1 saturated heterocycles. The summed E-state index contributed by atoms with van der Waals surface area (Å²) in [5.74, 6) is 1.46. The molecule has 1 amide bonds. The van der Waals surface area contributed by atoms with Crippen molar-refractivity contribution in [1.29, 1.82) is 0 Å². The predicted molar refractivity (Wildman–Crippen MR) is 80.3 cm³/mol. The number of aromatic nitrogens is 3. The van der Waals surface area contributed by atoms with E-state index in [1.807, 2.05) is 0 Å². The summed E-state index contributed by atoms with van der Waals surface area (Å²) in [5.41, 5.74) is 0. The van der Waals surface area contributed by atoms with E-state index in [9.17, 15) is 4.79 Å². The molecule has 1 N–H and O–H groups in total. The van der Waals surface area contributed by atoms with Crippen LogP contribution in [-0.2, 0) is 22.5 Å². The molecule has 116 valence electrons. The highest BCUT2D eigenvalue weighted by molar-refractivity contribution is 7.99. The SMILES string of the molecule is CCc1nnc(SCC(=O)NC2CC2)n1CC1CCCO1. The normalized spacial score (nSPS) is 21.7. The van der Waals surface area contributed by atoms with Crippen molar-refractivity contribution in [3.8, 4) is 0 Å². The highest BCUT2D eigenvalue weighted by Crippen LogP contribution is 2.22. The highest BCUT2D eigenvalue weighted by atomic mass is 32.2. The number of amides is 1. The number of thioether (sulfide) groups is 1. The van der Waals surface area contributed by atoms with Crippen molar-refractivity contribution >= 4 is 17.7 Å². The van der Waals surface area contributed by atoms with E-state index in [0.29, 0.717) is 11.8 Å². The van der Waals surface area contributed by atoms with E-state index >= 15 is 0 Å².